The maximum Gasteiger partial charge on any atom is 0.114 e. The van der Waals surface area contributed by atoms with Crippen LogP contribution in [0.3, 0.4) is 0 Å². The Bertz CT molecular complexity index is 686. The van der Waals surface area contributed by atoms with E-state index in [-0.39, 0.29) is 0 Å². The van der Waals surface area contributed by atoms with E-state index in [1.165, 1.54) is 5.56 Å². The molecule has 0 aliphatic carbocycles. The number of hydrogen-bond acceptors (Lipinski definition) is 1. The second-order valence-electron chi connectivity index (χ2n) is 4.38. The van der Waals surface area contributed by atoms with Crippen molar-refractivity contribution in [3.63, 3.8) is 0 Å². The molecule has 0 bridgehead atoms. The maximum absolute atomic E-state index is 5.99. The molecule has 0 radical (unpaired) electrons. The average Bonchev–Trinajstić information content (AvgIpc) is 2.67. The van der Waals surface area contributed by atoms with Crippen LogP contribution in [-0.2, 0) is 13.5 Å². The first-order valence-electron chi connectivity index (χ1n) is 5.89. The van der Waals surface area contributed by atoms with E-state index in [1.807, 2.05) is 31.3 Å². The molecule has 0 fully saturated rings. The zero-order valence-corrected chi connectivity index (χ0v) is 10.9. The number of aryl methyl sites for hydroxylation is 1. The molecular weight excluding hydrogens is 244 g/mol. The molecule has 0 atom stereocenters. The summed E-state index contributed by atoms with van der Waals surface area (Å²) in [7, 11) is 2.04. The molecule has 0 saturated heterocycles. The van der Waals surface area contributed by atoms with Crippen LogP contribution in [0.25, 0.3) is 11.0 Å². The lowest BCUT2D eigenvalue weighted by Gasteiger charge is -2.02. The molecule has 18 heavy (non-hydrogen) atoms. The van der Waals surface area contributed by atoms with E-state index in [9.17, 15) is 0 Å². The van der Waals surface area contributed by atoms with E-state index in [0.29, 0.717) is 0 Å². The Hall–Kier alpha value is -1.80. The van der Waals surface area contributed by atoms with Crippen molar-refractivity contribution in [3.05, 3.63) is 64.9 Å². The lowest BCUT2D eigenvalue weighted by molar-refractivity contribution is 0.845. The maximum atomic E-state index is 5.99. The highest BCUT2D eigenvalue weighted by Crippen LogP contribution is 2.20. The number of rotatable bonds is 2. The van der Waals surface area contributed by atoms with Gasteiger partial charge in [0.2, 0.25) is 0 Å². The van der Waals surface area contributed by atoms with Gasteiger partial charge >= 0.3 is 0 Å². The van der Waals surface area contributed by atoms with Gasteiger partial charge in [0, 0.05) is 18.5 Å². The number of nitrogens with zero attached hydrogens (tertiary/aromatic N) is 2. The highest BCUT2D eigenvalue weighted by molar-refractivity contribution is 6.31. The summed E-state index contributed by atoms with van der Waals surface area (Å²) in [4.78, 5) is 4.65. The largest absolute Gasteiger partial charge is 0.331 e. The van der Waals surface area contributed by atoms with E-state index >= 15 is 0 Å². The molecule has 0 saturated carbocycles. The van der Waals surface area contributed by atoms with Crippen LogP contribution in [-0.4, -0.2) is 9.55 Å². The van der Waals surface area contributed by atoms with Crippen molar-refractivity contribution in [1.82, 2.24) is 9.55 Å². The highest BCUT2D eigenvalue weighted by atomic mass is 35.5. The fourth-order valence-corrected chi connectivity index (χ4v) is 2.33. The summed E-state index contributed by atoms with van der Waals surface area (Å²) in [5.74, 6) is 1.05. The quantitative estimate of drug-likeness (QED) is 0.682. The summed E-state index contributed by atoms with van der Waals surface area (Å²) in [6, 6.07) is 16.2. The van der Waals surface area contributed by atoms with E-state index in [2.05, 4.69) is 33.8 Å². The van der Waals surface area contributed by atoms with Gasteiger partial charge in [0.1, 0.15) is 5.82 Å². The number of fused-ring (bicyclic) bond motifs is 1. The smallest absolute Gasteiger partial charge is 0.114 e. The van der Waals surface area contributed by atoms with Crippen LogP contribution in [0.5, 0.6) is 0 Å². The van der Waals surface area contributed by atoms with Crippen molar-refractivity contribution in [2.75, 3.05) is 0 Å². The normalized spacial score (nSPS) is 11.0. The van der Waals surface area contributed by atoms with Crippen LogP contribution in [0.4, 0.5) is 0 Å². The van der Waals surface area contributed by atoms with Crippen molar-refractivity contribution in [2.45, 2.75) is 6.42 Å². The summed E-state index contributed by atoms with van der Waals surface area (Å²) in [5, 5.41) is 0.729. The molecule has 0 amide bonds. The van der Waals surface area contributed by atoms with Crippen molar-refractivity contribution >= 4 is 22.6 Å². The minimum absolute atomic E-state index is 0.729. The van der Waals surface area contributed by atoms with Gasteiger partial charge in [-0.15, -0.1) is 0 Å². The topological polar surface area (TPSA) is 17.8 Å². The Morgan fingerprint density at radius 2 is 1.89 bits per heavy atom. The first kappa shape index (κ1) is 11.3. The molecule has 2 nitrogen and oxygen atoms in total. The molecule has 1 heterocycles. The molecule has 0 aliphatic rings. The molecular formula is C15H13ClN2. The van der Waals surface area contributed by atoms with Crippen molar-refractivity contribution in [1.29, 1.82) is 0 Å². The first-order valence-corrected chi connectivity index (χ1v) is 6.26. The Morgan fingerprint density at radius 3 is 2.67 bits per heavy atom. The monoisotopic (exact) mass is 256 g/mol. The van der Waals surface area contributed by atoms with Crippen LogP contribution >= 0.6 is 11.6 Å². The third kappa shape index (κ3) is 2.00. The third-order valence-corrected chi connectivity index (χ3v) is 3.38. The van der Waals surface area contributed by atoms with Gasteiger partial charge in [0.25, 0.3) is 0 Å². The van der Waals surface area contributed by atoms with Crippen molar-refractivity contribution in [2.24, 2.45) is 7.05 Å². The molecule has 3 aromatic rings. The standard InChI is InChI=1S/C15H13ClN2/c1-18-14-8-7-12(16)10-13(14)17-15(18)9-11-5-3-2-4-6-11/h2-8,10H,9H2,1H3. The van der Waals surface area contributed by atoms with Crippen molar-refractivity contribution < 1.29 is 0 Å². The van der Waals surface area contributed by atoms with E-state index in [0.717, 1.165) is 28.3 Å². The van der Waals surface area contributed by atoms with Gasteiger partial charge in [-0.1, -0.05) is 41.9 Å². The number of hydrogen-bond donors (Lipinski definition) is 0. The molecule has 90 valence electrons. The average molecular weight is 257 g/mol. The van der Waals surface area contributed by atoms with E-state index < -0.39 is 0 Å². The van der Waals surface area contributed by atoms with E-state index in [1.54, 1.807) is 0 Å². The van der Waals surface area contributed by atoms with Gasteiger partial charge in [0.15, 0.2) is 0 Å². The fourth-order valence-electron chi connectivity index (χ4n) is 2.16. The minimum Gasteiger partial charge on any atom is -0.331 e. The SMILES string of the molecule is Cn1c(Cc2ccccc2)nc2cc(Cl)ccc21. The van der Waals surface area contributed by atoms with Crippen molar-refractivity contribution in [3.8, 4) is 0 Å². The molecule has 0 spiro atoms. The second-order valence-corrected chi connectivity index (χ2v) is 4.82. The van der Waals surface area contributed by atoms with Crippen LogP contribution in [0, 0.1) is 0 Å². The Kier molecular flexibility index (Phi) is 2.80. The molecule has 0 unspecified atom stereocenters. The fraction of sp³-hybridized carbons (Fsp3) is 0.133. The number of aromatic nitrogens is 2. The number of halogens is 1. The first-order chi connectivity index (χ1) is 8.74. The van der Waals surface area contributed by atoms with Gasteiger partial charge in [0.05, 0.1) is 11.0 Å². The third-order valence-electron chi connectivity index (χ3n) is 3.14. The zero-order valence-electron chi connectivity index (χ0n) is 10.1. The van der Waals surface area contributed by atoms with Gasteiger partial charge in [-0.3, -0.25) is 0 Å². The summed E-state index contributed by atoms with van der Waals surface area (Å²) in [5.41, 5.74) is 3.34. The summed E-state index contributed by atoms with van der Waals surface area (Å²) >= 11 is 5.99. The van der Waals surface area contributed by atoms with E-state index in [4.69, 9.17) is 11.6 Å². The van der Waals surface area contributed by atoms with Crippen LogP contribution in [0.2, 0.25) is 5.02 Å². The molecule has 2 aromatic carbocycles. The molecule has 3 rings (SSSR count). The van der Waals surface area contributed by atoms with Crippen LogP contribution < -0.4 is 0 Å². The lowest BCUT2D eigenvalue weighted by atomic mass is 10.1. The minimum atomic E-state index is 0.729. The predicted molar refractivity (Wildman–Crippen MR) is 75.0 cm³/mol. The van der Waals surface area contributed by atoms with Gasteiger partial charge < -0.3 is 4.57 Å². The lowest BCUT2D eigenvalue weighted by Crippen LogP contribution is -1.98. The summed E-state index contributed by atoms with van der Waals surface area (Å²) in [6.07, 6.45) is 0.837. The Labute approximate surface area is 111 Å². The summed E-state index contributed by atoms with van der Waals surface area (Å²) in [6.45, 7) is 0. The van der Waals surface area contributed by atoms with Gasteiger partial charge in [-0.25, -0.2) is 4.98 Å². The Morgan fingerprint density at radius 1 is 1.11 bits per heavy atom. The predicted octanol–water partition coefficient (Wildman–Crippen LogP) is 3.82. The van der Waals surface area contributed by atoms with Gasteiger partial charge in [-0.05, 0) is 23.8 Å². The number of imidazole rings is 1. The van der Waals surface area contributed by atoms with Gasteiger partial charge in [-0.2, -0.15) is 0 Å². The molecule has 3 heteroatoms. The highest BCUT2D eigenvalue weighted by Gasteiger charge is 2.08. The summed E-state index contributed by atoms with van der Waals surface area (Å²) < 4.78 is 2.12. The van der Waals surface area contributed by atoms with Crippen LogP contribution in [0.1, 0.15) is 11.4 Å². The Balaban J connectivity index is 2.05. The molecule has 1 aromatic heterocycles. The molecule has 0 N–H and O–H groups in total. The number of benzene rings is 2. The second kappa shape index (κ2) is 4.46. The zero-order chi connectivity index (χ0) is 12.5. The molecule has 0 aliphatic heterocycles. The van der Waals surface area contributed by atoms with Crippen LogP contribution in [0.15, 0.2) is 48.5 Å².